The lowest BCUT2D eigenvalue weighted by Crippen LogP contribution is -2.47. The van der Waals surface area contributed by atoms with E-state index >= 15 is 0 Å². The summed E-state index contributed by atoms with van der Waals surface area (Å²) in [6.07, 6.45) is 5.98. The van der Waals surface area contributed by atoms with E-state index in [0.717, 1.165) is 25.9 Å². The zero-order chi connectivity index (χ0) is 19.9. The van der Waals surface area contributed by atoms with Crippen molar-refractivity contribution < 1.29 is 14.4 Å². The number of carbonyl (C=O) groups excluding carboxylic acids is 3. The Bertz CT molecular complexity index is 709. The van der Waals surface area contributed by atoms with Crippen LogP contribution in [0.1, 0.15) is 48.9 Å². The summed E-state index contributed by atoms with van der Waals surface area (Å²) in [6, 6.07) is 6.75. The van der Waals surface area contributed by atoms with Gasteiger partial charge in [-0.3, -0.25) is 14.4 Å². The van der Waals surface area contributed by atoms with Gasteiger partial charge in [-0.25, -0.2) is 0 Å². The number of hydrogen-bond donors (Lipinski definition) is 1. The summed E-state index contributed by atoms with van der Waals surface area (Å²) in [6.45, 7) is 2.79. The Morgan fingerprint density at radius 1 is 0.929 bits per heavy atom. The second-order valence-electron chi connectivity index (χ2n) is 7.56. The summed E-state index contributed by atoms with van der Waals surface area (Å²) in [5, 5.41) is 3.00. The Kier molecular flexibility index (Phi) is 7.31. The molecule has 1 N–H and O–H groups in total. The van der Waals surface area contributed by atoms with Crippen molar-refractivity contribution in [2.24, 2.45) is 5.92 Å². The molecule has 2 aliphatic rings. The van der Waals surface area contributed by atoms with Crippen molar-refractivity contribution >= 4 is 29.3 Å². The Morgan fingerprint density at radius 2 is 1.57 bits per heavy atom. The van der Waals surface area contributed by atoms with Gasteiger partial charge in [0.1, 0.15) is 0 Å². The van der Waals surface area contributed by atoms with Crippen LogP contribution < -0.4 is 5.32 Å². The van der Waals surface area contributed by atoms with Gasteiger partial charge in [0.2, 0.25) is 11.8 Å². The summed E-state index contributed by atoms with van der Waals surface area (Å²) in [5.41, 5.74) is 0.360. The van der Waals surface area contributed by atoms with Crippen LogP contribution in [0.5, 0.6) is 0 Å². The maximum atomic E-state index is 12.7. The SMILES string of the molecule is O=C(NCC(=O)N1CCC(C(=O)N2CCCCCC2)CC1)c1ccccc1Cl. The standard InChI is InChI=1S/C21H28ClN3O3/c22-18-8-4-3-7-17(18)20(27)23-15-19(26)24-13-9-16(10-14-24)21(28)25-11-5-1-2-6-12-25/h3-4,7-8,16H,1-2,5-6,9-15H2,(H,23,27). The van der Waals surface area contributed by atoms with Crippen molar-refractivity contribution in [3.05, 3.63) is 34.9 Å². The summed E-state index contributed by atoms with van der Waals surface area (Å²) >= 11 is 6.01. The fourth-order valence-electron chi connectivity index (χ4n) is 3.93. The van der Waals surface area contributed by atoms with Crippen LogP contribution in [0.15, 0.2) is 24.3 Å². The van der Waals surface area contributed by atoms with Gasteiger partial charge in [-0.1, -0.05) is 36.6 Å². The first-order chi connectivity index (χ1) is 13.6. The zero-order valence-corrected chi connectivity index (χ0v) is 16.9. The van der Waals surface area contributed by atoms with E-state index in [4.69, 9.17) is 11.6 Å². The predicted molar refractivity (Wildman–Crippen MR) is 108 cm³/mol. The van der Waals surface area contributed by atoms with Crippen LogP contribution >= 0.6 is 11.6 Å². The fourth-order valence-corrected chi connectivity index (χ4v) is 4.15. The second kappa shape index (κ2) is 9.92. The molecule has 3 amide bonds. The molecule has 2 heterocycles. The second-order valence-corrected chi connectivity index (χ2v) is 7.96. The van der Waals surface area contributed by atoms with Gasteiger partial charge in [0.25, 0.3) is 5.91 Å². The highest BCUT2D eigenvalue weighted by Crippen LogP contribution is 2.22. The molecule has 1 aromatic carbocycles. The van der Waals surface area contributed by atoms with Crippen LogP contribution in [0.4, 0.5) is 0 Å². The van der Waals surface area contributed by atoms with E-state index in [1.165, 1.54) is 12.8 Å². The number of nitrogens with zero attached hydrogens (tertiary/aromatic N) is 2. The van der Waals surface area contributed by atoms with Crippen molar-refractivity contribution in [1.29, 1.82) is 0 Å². The number of carbonyl (C=O) groups is 3. The molecule has 1 aromatic rings. The largest absolute Gasteiger partial charge is 0.343 e. The minimum absolute atomic E-state index is 0.0138. The van der Waals surface area contributed by atoms with E-state index in [0.29, 0.717) is 36.5 Å². The molecule has 0 atom stereocenters. The van der Waals surface area contributed by atoms with Crippen LogP contribution in [0.2, 0.25) is 5.02 Å². The van der Waals surface area contributed by atoms with Crippen molar-refractivity contribution in [2.75, 3.05) is 32.7 Å². The fraction of sp³-hybridized carbons (Fsp3) is 0.571. The third-order valence-electron chi connectivity index (χ3n) is 5.63. The van der Waals surface area contributed by atoms with E-state index in [1.54, 1.807) is 29.2 Å². The van der Waals surface area contributed by atoms with Crippen LogP contribution in [-0.4, -0.2) is 60.2 Å². The third kappa shape index (κ3) is 5.25. The van der Waals surface area contributed by atoms with Crippen molar-refractivity contribution in [3.63, 3.8) is 0 Å². The van der Waals surface area contributed by atoms with Crippen LogP contribution in [0.25, 0.3) is 0 Å². The molecule has 2 aliphatic heterocycles. The molecule has 0 aliphatic carbocycles. The van der Waals surface area contributed by atoms with Gasteiger partial charge in [0.15, 0.2) is 0 Å². The first-order valence-electron chi connectivity index (χ1n) is 10.2. The highest BCUT2D eigenvalue weighted by Gasteiger charge is 2.30. The van der Waals surface area contributed by atoms with Gasteiger partial charge >= 0.3 is 0 Å². The quantitative estimate of drug-likeness (QED) is 0.837. The van der Waals surface area contributed by atoms with Gasteiger partial charge in [0, 0.05) is 32.1 Å². The maximum Gasteiger partial charge on any atom is 0.253 e. The highest BCUT2D eigenvalue weighted by atomic mass is 35.5. The van der Waals surface area contributed by atoms with Gasteiger partial charge < -0.3 is 15.1 Å². The molecular formula is C21H28ClN3O3. The summed E-state index contributed by atoms with van der Waals surface area (Å²) in [4.78, 5) is 41.1. The van der Waals surface area contributed by atoms with Gasteiger partial charge in [0.05, 0.1) is 17.1 Å². The number of likely N-dealkylation sites (tertiary alicyclic amines) is 2. The number of rotatable bonds is 4. The van der Waals surface area contributed by atoms with E-state index in [-0.39, 0.29) is 30.2 Å². The summed E-state index contributed by atoms with van der Waals surface area (Å²) in [7, 11) is 0. The summed E-state index contributed by atoms with van der Waals surface area (Å²) in [5.74, 6) is -0.216. The molecule has 2 saturated heterocycles. The van der Waals surface area contributed by atoms with Crippen LogP contribution in [0, 0.1) is 5.92 Å². The molecule has 0 aromatic heterocycles. The Morgan fingerprint density at radius 3 is 2.21 bits per heavy atom. The number of hydrogen-bond acceptors (Lipinski definition) is 3. The Hall–Kier alpha value is -2.08. The van der Waals surface area contributed by atoms with E-state index in [9.17, 15) is 14.4 Å². The number of amides is 3. The van der Waals surface area contributed by atoms with E-state index in [2.05, 4.69) is 5.32 Å². The highest BCUT2D eigenvalue weighted by molar-refractivity contribution is 6.33. The lowest BCUT2D eigenvalue weighted by molar-refractivity contribution is -0.140. The molecule has 0 unspecified atom stereocenters. The molecule has 7 heteroatoms. The lowest BCUT2D eigenvalue weighted by Gasteiger charge is -2.34. The number of halogens is 1. The van der Waals surface area contributed by atoms with Crippen molar-refractivity contribution in [2.45, 2.75) is 38.5 Å². The first kappa shape index (κ1) is 20.6. The van der Waals surface area contributed by atoms with Gasteiger partial charge in [-0.15, -0.1) is 0 Å². The molecule has 6 nitrogen and oxygen atoms in total. The Balaban J connectivity index is 1.44. The van der Waals surface area contributed by atoms with Gasteiger partial charge in [-0.2, -0.15) is 0 Å². The van der Waals surface area contributed by atoms with Crippen LogP contribution in [-0.2, 0) is 9.59 Å². The van der Waals surface area contributed by atoms with E-state index < -0.39 is 0 Å². The number of benzene rings is 1. The zero-order valence-electron chi connectivity index (χ0n) is 16.2. The normalized spacial score (nSPS) is 18.5. The monoisotopic (exact) mass is 405 g/mol. The molecule has 2 fully saturated rings. The number of piperidine rings is 1. The maximum absolute atomic E-state index is 12.7. The molecule has 152 valence electrons. The van der Waals surface area contributed by atoms with E-state index in [1.807, 2.05) is 4.90 Å². The third-order valence-corrected chi connectivity index (χ3v) is 5.96. The van der Waals surface area contributed by atoms with Gasteiger partial charge in [-0.05, 0) is 37.8 Å². The van der Waals surface area contributed by atoms with Crippen molar-refractivity contribution in [1.82, 2.24) is 15.1 Å². The molecule has 3 rings (SSSR count). The molecular weight excluding hydrogens is 378 g/mol. The average molecular weight is 406 g/mol. The topological polar surface area (TPSA) is 69.7 Å². The first-order valence-corrected chi connectivity index (χ1v) is 10.5. The number of nitrogens with one attached hydrogen (secondary N) is 1. The molecule has 0 saturated carbocycles. The minimum atomic E-state index is -0.356. The lowest BCUT2D eigenvalue weighted by atomic mass is 9.95. The minimum Gasteiger partial charge on any atom is -0.343 e. The Labute approximate surface area is 171 Å². The molecule has 0 spiro atoms. The molecule has 0 radical (unpaired) electrons. The summed E-state index contributed by atoms with van der Waals surface area (Å²) < 4.78 is 0. The average Bonchev–Trinajstić information content (AvgIpc) is 3.01. The smallest absolute Gasteiger partial charge is 0.253 e. The molecule has 28 heavy (non-hydrogen) atoms. The van der Waals surface area contributed by atoms with Crippen LogP contribution in [0.3, 0.4) is 0 Å². The predicted octanol–water partition coefficient (Wildman–Crippen LogP) is 2.71. The molecule has 0 bridgehead atoms. The van der Waals surface area contributed by atoms with Crippen molar-refractivity contribution in [3.8, 4) is 0 Å².